The van der Waals surface area contributed by atoms with E-state index in [0.717, 1.165) is 17.4 Å². The maximum absolute atomic E-state index is 13.5. The van der Waals surface area contributed by atoms with Crippen molar-refractivity contribution in [3.05, 3.63) is 50.9 Å². The first kappa shape index (κ1) is 17.3. The zero-order valence-corrected chi connectivity index (χ0v) is 13.1. The number of benzene rings is 1. The number of nitrogens with one attached hydrogen (secondary N) is 1. The fraction of sp³-hybridized carbons (Fsp3) is 0.143. The number of thiophene rings is 1. The van der Waals surface area contributed by atoms with Crippen molar-refractivity contribution in [2.75, 3.05) is 5.32 Å². The highest BCUT2D eigenvalue weighted by molar-refractivity contribution is 7.17. The summed E-state index contributed by atoms with van der Waals surface area (Å²) >= 11 is 6.65. The number of rotatable bonds is 4. The van der Waals surface area contributed by atoms with Gasteiger partial charge >= 0.3 is 5.97 Å². The Morgan fingerprint density at radius 1 is 1.17 bits per heavy atom. The minimum atomic E-state index is -1.71. The molecule has 1 amide bonds. The normalized spacial score (nSPS) is 11.9. The Hall–Kier alpha value is -2.06. The van der Waals surface area contributed by atoms with Gasteiger partial charge in [0, 0.05) is 0 Å². The smallest absolute Gasteiger partial charge is 0.349 e. The maximum atomic E-state index is 13.5. The molecule has 0 spiro atoms. The summed E-state index contributed by atoms with van der Waals surface area (Å²) in [6.45, 7) is 1.25. The van der Waals surface area contributed by atoms with Crippen LogP contribution in [-0.4, -0.2) is 18.0 Å². The molecule has 1 N–H and O–H groups in total. The molecule has 1 aromatic carbocycles. The summed E-state index contributed by atoms with van der Waals surface area (Å²) in [5, 5.41) is 2.02. The van der Waals surface area contributed by atoms with Gasteiger partial charge in [0.05, 0.1) is 10.0 Å². The van der Waals surface area contributed by atoms with Crippen LogP contribution in [-0.2, 0) is 9.53 Å². The number of hydrogen-bond donors (Lipinski definition) is 1. The van der Waals surface area contributed by atoms with E-state index in [9.17, 15) is 22.8 Å². The van der Waals surface area contributed by atoms with Crippen molar-refractivity contribution >= 4 is 40.5 Å². The standard InChI is InChI=1S/C14H9ClF3NO3S/c1-6(22-14(21)9-4-5-10(15)23-9)13(20)19-8-3-2-7(16)11(17)12(8)18/h2-6H,1H3,(H,19,20)/t6-/m1/s1. The summed E-state index contributed by atoms with van der Waals surface area (Å²) in [4.78, 5) is 23.8. The molecule has 0 saturated heterocycles. The molecule has 2 rings (SSSR count). The van der Waals surface area contributed by atoms with Gasteiger partial charge in [-0.25, -0.2) is 18.0 Å². The van der Waals surface area contributed by atoms with Crippen LogP contribution in [0, 0.1) is 17.5 Å². The van der Waals surface area contributed by atoms with Crippen molar-refractivity contribution in [3.63, 3.8) is 0 Å². The van der Waals surface area contributed by atoms with Crippen molar-refractivity contribution < 1.29 is 27.5 Å². The first-order valence-corrected chi connectivity index (χ1v) is 7.39. The maximum Gasteiger partial charge on any atom is 0.349 e. The molecule has 9 heteroatoms. The molecular weight excluding hydrogens is 355 g/mol. The van der Waals surface area contributed by atoms with Gasteiger partial charge < -0.3 is 10.1 Å². The number of ether oxygens (including phenoxy) is 1. The first-order chi connectivity index (χ1) is 10.8. The van der Waals surface area contributed by atoms with Crippen molar-refractivity contribution in [1.82, 2.24) is 0 Å². The lowest BCUT2D eigenvalue weighted by Crippen LogP contribution is -2.30. The van der Waals surface area contributed by atoms with E-state index in [4.69, 9.17) is 16.3 Å². The molecular formula is C14H9ClF3NO3S. The fourth-order valence-corrected chi connectivity index (χ4v) is 2.48. The highest BCUT2D eigenvalue weighted by Gasteiger charge is 2.22. The molecule has 0 bridgehead atoms. The Morgan fingerprint density at radius 3 is 2.48 bits per heavy atom. The van der Waals surface area contributed by atoms with E-state index in [-0.39, 0.29) is 4.88 Å². The number of anilines is 1. The number of amides is 1. The Labute approximate surface area is 137 Å². The van der Waals surface area contributed by atoms with Gasteiger partial charge in [0.25, 0.3) is 5.91 Å². The van der Waals surface area contributed by atoms with Crippen LogP contribution >= 0.6 is 22.9 Å². The average molecular weight is 364 g/mol. The van der Waals surface area contributed by atoms with Crippen molar-refractivity contribution in [3.8, 4) is 0 Å². The minimum Gasteiger partial charge on any atom is -0.448 e. The van der Waals surface area contributed by atoms with E-state index >= 15 is 0 Å². The lowest BCUT2D eigenvalue weighted by atomic mass is 10.2. The molecule has 0 fully saturated rings. The summed E-state index contributed by atoms with van der Waals surface area (Å²) in [5.41, 5.74) is -0.559. The van der Waals surface area contributed by atoms with Gasteiger partial charge in [0.2, 0.25) is 0 Å². The number of carbonyl (C=O) groups excluding carboxylic acids is 2. The predicted octanol–water partition coefficient (Wildman–Crippen LogP) is 4.00. The van der Waals surface area contributed by atoms with E-state index in [0.29, 0.717) is 10.4 Å². The van der Waals surface area contributed by atoms with Crippen LogP contribution in [0.2, 0.25) is 4.34 Å². The third-order valence-corrected chi connectivity index (χ3v) is 3.93. The van der Waals surface area contributed by atoms with Gasteiger partial charge in [-0.15, -0.1) is 11.3 Å². The van der Waals surface area contributed by atoms with Crippen LogP contribution in [0.25, 0.3) is 0 Å². The quantitative estimate of drug-likeness (QED) is 0.659. The second kappa shape index (κ2) is 7.01. The molecule has 1 aromatic heterocycles. The molecule has 1 heterocycles. The highest BCUT2D eigenvalue weighted by atomic mass is 35.5. The minimum absolute atomic E-state index is 0.189. The molecule has 0 aliphatic rings. The van der Waals surface area contributed by atoms with E-state index in [2.05, 4.69) is 0 Å². The molecule has 2 aromatic rings. The van der Waals surface area contributed by atoms with Gasteiger partial charge in [-0.3, -0.25) is 4.79 Å². The SMILES string of the molecule is C[C@@H](OC(=O)c1ccc(Cl)s1)C(=O)Nc1ccc(F)c(F)c1F. The van der Waals surface area contributed by atoms with Crippen LogP contribution < -0.4 is 5.32 Å². The summed E-state index contributed by atoms with van der Waals surface area (Å²) < 4.78 is 44.6. The van der Waals surface area contributed by atoms with Crippen LogP contribution in [0.15, 0.2) is 24.3 Å². The number of esters is 1. The van der Waals surface area contributed by atoms with E-state index < -0.39 is 41.1 Å². The summed E-state index contributed by atoms with van der Waals surface area (Å²) in [5.74, 6) is -6.31. The molecule has 0 unspecified atom stereocenters. The van der Waals surface area contributed by atoms with E-state index in [1.54, 1.807) is 0 Å². The van der Waals surface area contributed by atoms with Gasteiger partial charge in [0.15, 0.2) is 23.6 Å². The fourth-order valence-electron chi connectivity index (χ4n) is 1.55. The number of carbonyl (C=O) groups is 2. The highest BCUT2D eigenvalue weighted by Crippen LogP contribution is 2.23. The molecule has 0 saturated carbocycles. The van der Waals surface area contributed by atoms with Crippen LogP contribution in [0.1, 0.15) is 16.6 Å². The Balaban J connectivity index is 2.03. The number of hydrogen-bond acceptors (Lipinski definition) is 4. The van der Waals surface area contributed by atoms with Crippen LogP contribution in [0.3, 0.4) is 0 Å². The molecule has 0 radical (unpaired) electrons. The monoisotopic (exact) mass is 363 g/mol. The molecule has 4 nitrogen and oxygen atoms in total. The zero-order chi connectivity index (χ0) is 17.1. The molecule has 0 aliphatic heterocycles. The summed E-state index contributed by atoms with van der Waals surface area (Å²) in [7, 11) is 0. The van der Waals surface area contributed by atoms with Gasteiger partial charge in [0.1, 0.15) is 4.88 Å². The topological polar surface area (TPSA) is 55.4 Å². The molecule has 0 aliphatic carbocycles. The van der Waals surface area contributed by atoms with E-state index in [1.807, 2.05) is 5.32 Å². The third-order valence-electron chi connectivity index (χ3n) is 2.72. The van der Waals surface area contributed by atoms with Crippen LogP contribution in [0.4, 0.5) is 18.9 Å². The van der Waals surface area contributed by atoms with Crippen LogP contribution in [0.5, 0.6) is 0 Å². The largest absolute Gasteiger partial charge is 0.448 e. The van der Waals surface area contributed by atoms with Crippen molar-refractivity contribution in [1.29, 1.82) is 0 Å². The van der Waals surface area contributed by atoms with Gasteiger partial charge in [-0.2, -0.15) is 0 Å². The number of halogens is 4. The second-order valence-corrected chi connectivity index (χ2v) is 6.08. The Kier molecular flexibility index (Phi) is 5.27. The zero-order valence-electron chi connectivity index (χ0n) is 11.5. The van der Waals surface area contributed by atoms with E-state index in [1.165, 1.54) is 19.1 Å². The second-order valence-electron chi connectivity index (χ2n) is 4.36. The summed E-state index contributed by atoms with van der Waals surface area (Å²) in [6.07, 6.45) is -1.28. The Bertz CT molecular complexity index is 766. The molecule has 23 heavy (non-hydrogen) atoms. The average Bonchev–Trinajstić information content (AvgIpc) is 2.94. The summed E-state index contributed by atoms with van der Waals surface area (Å²) in [6, 6.07) is 4.44. The first-order valence-electron chi connectivity index (χ1n) is 6.20. The lowest BCUT2D eigenvalue weighted by molar-refractivity contribution is -0.123. The van der Waals surface area contributed by atoms with Gasteiger partial charge in [-0.05, 0) is 31.2 Å². The van der Waals surface area contributed by atoms with Crippen molar-refractivity contribution in [2.45, 2.75) is 13.0 Å². The third kappa shape index (κ3) is 4.02. The molecule has 1 atom stereocenters. The van der Waals surface area contributed by atoms with Crippen molar-refractivity contribution in [2.24, 2.45) is 0 Å². The molecule has 122 valence electrons. The predicted molar refractivity (Wildman–Crippen MR) is 79.2 cm³/mol. The lowest BCUT2D eigenvalue weighted by Gasteiger charge is -2.13. The van der Waals surface area contributed by atoms with Gasteiger partial charge in [-0.1, -0.05) is 11.6 Å². The Morgan fingerprint density at radius 2 is 1.87 bits per heavy atom.